The zero-order valence-electron chi connectivity index (χ0n) is 15.8. The third-order valence-electron chi connectivity index (χ3n) is 4.17. The third-order valence-corrected chi connectivity index (χ3v) is 4.17. The van der Waals surface area contributed by atoms with Crippen LogP contribution in [0.1, 0.15) is 54.0 Å². The Kier molecular flexibility index (Phi) is 4.86. The van der Waals surface area contributed by atoms with Crippen molar-refractivity contribution < 1.29 is 18.8 Å². The second kappa shape index (κ2) is 6.32. The van der Waals surface area contributed by atoms with Crippen LogP contribution in [0.4, 0.5) is 10.6 Å². The summed E-state index contributed by atoms with van der Waals surface area (Å²) in [7, 11) is -0.754. The Morgan fingerprint density at radius 1 is 1.28 bits per heavy atom. The van der Waals surface area contributed by atoms with Crippen molar-refractivity contribution in [1.82, 2.24) is 4.98 Å². The summed E-state index contributed by atoms with van der Waals surface area (Å²) in [6.07, 6.45) is 0.740. The van der Waals surface area contributed by atoms with Crippen LogP contribution in [0.15, 0.2) is 12.3 Å². The third kappa shape index (κ3) is 4.30. The summed E-state index contributed by atoms with van der Waals surface area (Å²) < 4.78 is 17.3. The molecule has 1 aliphatic heterocycles. The molecule has 1 amide bonds. The van der Waals surface area contributed by atoms with Gasteiger partial charge in [0.05, 0.1) is 16.8 Å². The molecule has 25 heavy (non-hydrogen) atoms. The van der Waals surface area contributed by atoms with Gasteiger partial charge < -0.3 is 14.0 Å². The molecule has 7 nitrogen and oxygen atoms in total. The Balaban J connectivity index is 2.34. The smallest absolute Gasteiger partial charge is 0.444 e. The fourth-order valence-corrected chi connectivity index (χ4v) is 2.20. The second-order valence-electron chi connectivity index (χ2n) is 7.99. The number of nitrogens with one attached hydrogen (secondary N) is 1. The number of ether oxygens (including phenoxy) is 1. The van der Waals surface area contributed by atoms with Crippen LogP contribution >= 0.6 is 0 Å². The summed E-state index contributed by atoms with van der Waals surface area (Å²) in [5.74, 6) is 0.242. The van der Waals surface area contributed by atoms with E-state index in [0.717, 1.165) is 0 Å². The van der Waals surface area contributed by atoms with Crippen molar-refractivity contribution >= 4 is 24.5 Å². The number of hydrogen-bond donors (Lipinski definition) is 1. The molecule has 0 radical (unpaired) electrons. The first-order valence-electron chi connectivity index (χ1n) is 8.10. The molecule has 0 saturated carbocycles. The molecule has 1 saturated heterocycles. The van der Waals surface area contributed by atoms with Gasteiger partial charge in [0.1, 0.15) is 17.5 Å². The van der Waals surface area contributed by atoms with E-state index in [1.54, 1.807) is 26.8 Å². The summed E-state index contributed by atoms with van der Waals surface area (Å²) >= 11 is 0. The molecule has 2 heterocycles. The summed E-state index contributed by atoms with van der Waals surface area (Å²) in [6, 6.07) is 3.63. The van der Waals surface area contributed by atoms with Gasteiger partial charge in [-0.3, -0.25) is 5.32 Å². The molecule has 1 aromatic heterocycles. The van der Waals surface area contributed by atoms with Crippen molar-refractivity contribution in [2.75, 3.05) is 5.32 Å². The Labute approximate surface area is 148 Å². The predicted octanol–water partition coefficient (Wildman–Crippen LogP) is 2.60. The molecule has 1 aromatic rings. The van der Waals surface area contributed by atoms with Crippen LogP contribution in [0, 0.1) is 11.3 Å². The van der Waals surface area contributed by atoms with Crippen molar-refractivity contribution in [1.29, 1.82) is 5.26 Å². The van der Waals surface area contributed by atoms with E-state index in [0.29, 0.717) is 11.0 Å². The Hall–Kier alpha value is -2.11. The van der Waals surface area contributed by atoms with E-state index in [1.165, 1.54) is 6.20 Å². The Bertz CT molecular complexity index is 704. The van der Waals surface area contributed by atoms with E-state index in [2.05, 4.69) is 10.3 Å². The maximum absolute atomic E-state index is 12.1. The summed E-state index contributed by atoms with van der Waals surface area (Å²) in [5.41, 5.74) is -0.920. The van der Waals surface area contributed by atoms with Gasteiger partial charge in [0.25, 0.3) is 0 Å². The topological polar surface area (TPSA) is 93.5 Å². The number of nitrogens with zero attached hydrogens (tertiary/aromatic N) is 2. The molecule has 0 atom stereocenters. The van der Waals surface area contributed by atoms with Gasteiger partial charge in [-0.05, 0) is 54.5 Å². The van der Waals surface area contributed by atoms with Crippen LogP contribution in [-0.2, 0) is 14.0 Å². The highest BCUT2D eigenvalue weighted by molar-refractivity contribution is 6.64. The first kappa shape index (κ1) is 19.2. The Morgan fingerprint density at radius 2 is 1.84 bits per heavy atom. The standard InChI is InChI=1S/C17H24BN3O4/c1-15(2,3)23-14(22)21-13-12(8-11(9-19)10-20-13)18-24-16(4,5)17(6,7)25-18/h8,10H,1-7H3,(H,20,21,22). The monoisotopic (exact) mass is 345 g/mol. The highest BCUT2D eigenvalue weighted by Crippen LogP contribution is 2.36. The minimum atomic E-state index is -0.754. The SMILES string of the molecule is CC(C)(C)OC(=O)Nc1ncc(C#N)cc1B1OC(C)(C)C(C)(C)O1. The molecule has 8 heteroatoms. The summed E-state index contributed by atoms with van der Waals surface area (Å²) in [5, 5.41) is 11.8. The van der Waals surface area contributed by atoms with E-state index in [4.69, 9.17) is 19.3 Å². The van der Waals surface area contributed by atoms with Crippen LogP contribution in [-0.4, -0.2) is 35.0 Å². The van der Waals surface area contributed by atoms with Crippen LogP contribution in [0.25, 0.3) is 0 Å². The number of aromatic nitrogens is 1. The lowest BCUT2D eigenvalue weighted by Gasteiger charge is -2.32. The van der Waals surface area contributed by atoms with Gasteiger partial charge in [-0.1, -0.05) is 0 Å². The van der Waals surface area contributed by atoms with Crippen molar-refractivity contribution in [3.05, 3.63) is 17.8 Å². The van der Waals surface area contributed by atoms with Gasteiger partial charge in [-0.15, -0.1) is 0 Å². The maximum Gasteiger partial charge on any atom is 0.498 e. The van der Waals surface area contributed by atoms with Gasteiger partial charge in [0, 0.05) is 11.7 Å². The lowest BCUT2D eigenvalue weighted by molar-refractivity contribution is 0.00578. The van der Waals surface area contributed by atoms with Gasteiger partial charge >= 0.3 is 13.2 Å². The van der Waals surface area contributed by atoms with E-state index in [-0.39, 0.29) is 5.82 Å². The lowest BCUT2D eigenvalue weighted by Crippen LogP contribution is -2.41. The fraction of sp³-hybridized carbons (Fsp3) is 0.588. The highest BCUT2D eigenvalue weighted by Gasteiger charge is 2.52. The van der Waals surface area contributed by atoms with Gasteiger partial charge in [0.2, 0.25) is 0 Å². The average molecular weight is 345 g/mol. The number of carbonyl (C=O) groups excluding carboxylic acids is 1. The van der Waals surface area contributed by atoms with E-state index >= 15 is 0 Å². The van der Waals surface area contributed by atoms with Crippen LogP contribution in [0.3, 0.4) is 0 Å². The number of anilines is 1. The molecular formula is C17H24BN3O4. The zero-order chi connectivity index (χ0) is 19.0. The van der Waals surface area contributed by atoms with Crippen molar-refractivity contribution in [2.24, 2.45) is 0 Å². The number of carbonyl (C=O) groups is 1. The summed E-state index contributed by atoms with van der Waals surface area (Å²) in [6.45, 7) is 13.0. The van der Waals surface area contributed by atoms with Crippen molar-refractivity contribution in [2.45, 2.75) is 65.3 Å². The molecule has 0 spiro atoms. The van der Waals surface area contributed by atoms with Gasteiger partial charge in [-0.2, -0.15) is 5.26 Å². The van der Waals surface area contributed by atoms with Crippen molar-refractivity contribution in [3.63, 3.8) is 0 Å². The highest BCUT2D eigenvalue weighted by atomic mass is 16.7. The number of amides is 1. The second-order valence-corrected chi connectivity index (χ2v) is 7.99. The van der Waals surface area contributed by atoms with Crippen LogP contribution in [0.2, 0.25) is 0 Å². The first-order valence-corrected chi connectivity index (χ1v) is 8.10. The van der Waals surface area contributed by atoms with Crippen LogP contribution < -0.4 is 10.8 Å². The number of pyridine rings is 1. The molecule has 1 fully saturated rings. The van der Waals surface area contributed by atoms with Gasteiger partial charge in [-0.25, -0.2) is 9.78 Å². The zero-order valence-corrected chi connectivity index (χ0v) is 15.8. The maximum atomic E-state index is 12.1. The fourth-order valence-electron chi connectivity index (χ4n) is 2.20. The Morgan fingerprint density at radius 3 is 2.32 bits per heavy atom. The molecule has 1 N–H and O–H groups in total. The van der Waals surface area contributed by atoms with Gasteiger partial charge in [0.15, 0.2) is 0 Å². The molecule has 134 valence electrons. The summed E-state index contributed by atoms with van der Waals surface area (Å²) in [4.78, 5) is 16.2. The molecular weight excluding hydrogens is 321 g/mol. The number of nitriles is 1. The minimum Gasteiger partial charge on any atom is -0.444 e. The number of rotatable bonds is 2. The normalized spacial score (nSPS) is 18.6. The first-order chi connectivity index (χ1) is 11.3. The lowest BCUT2D eigenvalue weighted by atomic mass is 9.78. The largest absolute Gasteiger partial charge is 0.498 e. The van der Waals surface area contributed by atoms with Crippen molar-refractivity contribution in [3.8, 4) is 6.07 Å². The van der Waals surface area contributed by atoms with E-state index in [9.17, 15) is 4.79 Å². The van der Waals surface area contributed by atoms with E-state index in [1.807, 2.05) is 33.8 Å². The quantitative estimate of drug-likeness (QED) is 0.828. The molecule has 0 unspecified atom stereocenters. The molecule has 1 aliphatic rings. The molecule has 0 aromatic carbocycles. The predicted molar refractivity (Wildman–Crippen MR) is 94.5 cm³/mol. The molecule has 0 bridgehead atoms. The minimum absolute atomic E-state index is 0.242. The molecule has 2 rings (SSSR count). The number of hydrogen-bond acceptors (Lipinski definition) is 6. The molecule has 0 aliphatic carbocycles. The average Bonchev–Trinajstić information content (AvgIpc) is 2.65. The van der Waals surface area contributed by atoms with E-state index < -0.39 is 30.0 Å². The van der Waals surface area contributed by atoms with Crippen LogP contribution in [0.5, 0.6) is 0 Å².